The maximum atomic E-state index is 11.3. The van der Waals surface area contributed by atoms with Gasteiger partial charge in [0.2, 0.25) is 6.01 Å². The summed E-state index contributed by atoms with van der Waals surface area (Å²) in [7, 11) is -9.88. The summed E-state index contributed by atoms with van der Waals surface area (Å²) in [6.07, 6.45) is 0. The van der Waals surface area contributed by atoms with Crippen LogP contribution in [-0.2, 0) is 23.9 Å². The van der Waals surface area contributed by atoms with Gasteiger partial charge in [0, 0.05) is 0 Å². The number of halogens is 2. The van der Waals surface area contributed by atoms with Crippen molar-refractivity contribution in [1.82, 2.24) is 0 Å². The van der Waals surface area contributed by atoms with Crippen molar-refractivity contribution in [2.75, 3.05) is 6.01 Å². The second kappa shape index (κ2) is 3.41. The van der Waals surface area contributed by atoms with Crippen molar-refractivity contribution in [2.24, 2.45) is 0 Å². The first kappa shape index (κ1) is 10.7. The van der Waals surface area contributed by atoms with Crippen molar-refractivity contribution in [3.8, 4) is 0 Å². The standard InChI is InChI=1S/C2H2F2O5S2/c3-1-10(5,6)9-11(7,8)2-4/h1H2. The molecule has 2 radical (unpaired) electrons. The lowest BCUT2D eigenvalue weighted by Crippen LogP contribution is -2.13. The number of rotatable bonds is 4. The van der Waals surface area contributed by atoms with Crippen LogP contribution in [0.25, 0.3) is 0 Å². The van der Waals surface area contributed by atoms with Gasteiger partial charge in [0.05, 0.1) is 0 Å². The van der Waals surface area contributed by atoms with Crippen LogP contribution in [0.1, 0.15) is 0 Å². The molecule has 5 nitrogen and oxygen atoms in total. The normalized spacial score (nSPS) is 13.3. The highest BCUT2D eigenvalue weighted by molar-refractivity contribution is 8.00. The minimum absolute atomic E-state index is 0.0359. The molecule has 0 spiro atoms. The first-order chi connectivity index (χ1) is 4.83. The molecule has 0 unspecified atom stereocenters. The van der Waals surface area contributed by atoms with Crippen molar-refractivity contribution in [3.05, 3.63) is 6.01 Å². The lowest BCUT2D eigenvalue weighted by atomic mass is 11.8. The first-order valence-corrected chi connectivity index (χ1v) is 4.93. The van der Waals surface area contributed by atoms with Gasteiger partial charge in [-0.3, -0.25) is 0 Å². The van der Waals surface area contributed by atoms with Crippen LogP contribution in [0.15, 0.2) is 0 Å². The average Bonchev–Trinajstić information content (AvgIpc) is 1.86. The van der Waals surface area contributed by atoms with Crippen LogP contribution < -0.4 is 0 Å². The monoisotopic (exact) mass is 208 g/mol. The van der Waals surface area contributed by atoms with E-state index in [4.69, 9.17) is 0 Å². The maximum Gasteiger partial charge on any atom is 0.346 e. The van der Waals surface area contributed by atoms with Crippen molar-refractivity contribution in [3.63, 3.8) is 0 Å². The topological polar surface area (TPSA) is 77.5 Å². The third kappa shape index (κ3) is 4.22. The van der Waals surface area contributed by atoms with E-state index in [9.17, 15) is 25.6 Å². The summed E-state index contributed by atoms with van der Waals surface area (Å²) in [6, 6.07) is -2.01. The van der Waals surface area contributed by atoms with E-state index in [0.717, 1.165) is 0 Å². The van der Waals surface area contributed by atoms with Crippen molar-refractivity contribution in [1.29, 1.82) is 0 Å². The summed E-state index contributed by atoms with van der Waals surface area (Å²) >= 11 is 0. The molecule has 0 atom stereocenters. The van der Waals surface area contributed by atoms with Gasteiger partial charge in [0.15, 0.2) is 0 Å². The molecule has 0 saturated heterocycles. The highest BCUT2D eigenvalue weighted by atomic mass is 32.3. The van der Waals surface area contributed by atoms with E-state index in [1.54, 1.807) is 0 Å². The predicted molar refractivity (Wildman–Crippen MR) is 29.3 cm³/mol. The Morgan fingerprint density at radius 2 is 1.73 bits per heavy atom. The van der Waals surface area contributed by atoms with Gasteiger partial charge in [-0.15, -0.1) is 3.63 Å². The summed E-state index contributed by atoms with van der Waals surface area (Å²) in [4.78, 5) is 0. The predicted octanol–water partition coefficient (Wildman–Crippen LogP) is -0.445. The molecule has 11 heavy (non-hydrogen) atoms. The van der Waals surface area contributed by atoms with Gasteiger partial charge in [0.25, 0.3) is 0 Å². The molecule has 0 aromatic rings. The summed E-state index contributed by atoms with van der Waals surface area (Å²) in [5, 5.41) is 0. The minimum Gasteiger partial charge on any atom is -0.231 e. The fourth-order valence-corrected chi connectivity index (χ4v) is 1.51. The van der Waals surface area contributed by atoms with Gasteiger partial charge >= 0.3 is 26.2 Å². The molecular formula is C2H2F2O5S2. The molecule has 0 aromatic carbocycles. The Balaban J connectivity index is 4.54. The van der Waals surface area contributed by atoms with Crippen LogP contribution in [0.2, 0.25) is 0 Å². The molecule has 9 heteroatoms. The van der Waals surface area contributed by atoms with E-state index in [2.05, 4.69) is 3.63 Å². The lowest BCUT2D eigenvalue weighted by molar-refractivity contribution is 0.433. The quantitative estimate of drug-likeness (QED) is 0.625. The molecule has 0 aliphatic heterocycles. The SMILES string of the molecule is O=S(=O)([C]F)OS(=O)(=O)CF. The molecule has 0 aliphatic carbocycles. The van der Waals surface area contributed by atoms with Crippen molar-refractivity contribution in [2.45, 2.75) is 0 Å². The second-order valence-corrected chi connectivity index (χ2v) is 4.21. The highest BCUT2D eigenvalue weighted by Gasteiger charge is 2.23. The van der Waals surface area contributed by atoms with Gasteiger partial charge in [-0.2, -0.15) is 16.8 Å². The van der Waals surface area contributed by atoms with Crippen molar-refractivity contribution >= 4 is 20.2 Å². The summed E-state index contributed by atoms with van der Waals surface area (Å²) in [6.45, 7) is 0. The minimum atomic E-state index is -5.03. The van der Waals surface area contributed by atoms with Gasteiger partial charge in [0.1, 0.15) is 0 Å². The molecule has 0 aromatic heterocycles. The molecule has 0 fully saturated rings. The summed E-state index contributed by atoms with van der Waals surface area (Å²) < 4.78 is 65.2. The Hall–Kier alpha value is -0.280. The molecule has 0 amide bonds. The second-order valence-electron chi connectivity index (χ2n) is 1.27. The Kier molecular flexibility index (Phi) is 3.32. The van der Waals surface area contributed by atoms with Gasteiger partial charge in [-0.1, -0.05) is 0 Å². The fraction of sp³-hybridized carbons (Fsp3) is 0.500. The Morgan fingerprint density at radius 3 is 2.00 bits per heavy atom. The van der Waals surface area contributed by atoms with E-state index in [1.165, 1.54) is 0 Å². The maximum absolute atomic E-state index is 11.3. The molecule has 0 N–H and O–H groups in total. The van der Waals surface area contributed by atoms with Crippen LogP contribution in [0.5, 0.6) is 0 Å². The third-order valence-electron chi connectivity index (χ3n) is 0.421. The van der Waals surface area contributed by atoms with Crippen LogP contribution >= 0.6 is 0 Å². The molecule has 0 aliphatic rings. The van der Waals surface area contributed by atoms with Gasteiger partial charge < -0.3 is 0 Å². The highest BCUT2D eigenvalue weighted by Crippen LogP contribution is 2.05. The summed E-state index contributed by atoms with van der Waals surface area (Å²) in [5.41, 5.74) is 0. The largest absolute Gasteiger partial charge is 0.346 e. The molecule has 0 saturated carbocycles. The first-order valence-electron chi connectivity index (χ1n) is 1.95. The fourth-order valence-electron chi connectivity index (χ4n) is 0.168. The molecule has 66 valence electrons. The Labute approximate surface area is 62.2 Å². The van der Waals surface area contributed by atoms with E-state index < -0.39 is 26.2 Å². The van der Waals surface area contributed by atoms with Crippen LogP contribution in [0.4, 0.5) is 8.78 Å². The van der Waals surface area contributed by atoms with E-state index in [-0.39, 0.29) is 6.01 Å². The average molecular weight is 208 g/mol. The molecule has 0 heterocycles. The zero-order chi connectivity index (χ0) is 9.12. The van der Waals surface area contributed by atoms with E-state index >= 15 is 0 Å². The van der Waals surface area contributed by atoms with Crippen molar-refractivity contribution < 1.29 is 29.2 Å². The van der Waals surface area contributed by atoms with Crippen LogP contribution in [-0.4, -0.2) is 22.8 Å². The van der Waals surface area contributed by atoms with Crippen LogP contribution in [0.3, 0.4) is 0 Å². The smallest absolute Gasteiger partial charge is 0.231 e. The Bertz CT molecular complexity index is 269. The van der Waals surface area contributed by atoms with Gasteiger partial charge in [-0.25, -0.2) is 8.78 Å². The number of hydrogen-bond acceptors (Lipinski definition) is 5. The zero-order valence-corrected chi connectivity index (χ0v) is 6.45. The third-order valence-corrected chi connectivity index (χ3v) is 2.42. The zero-order valence-electron chi connectivity index (χ0n) is 4.82. The molecule has 0 rings (SSSR count). The van der Waals surface area contributed by atoms with Crippen LogP contribution in [0, 0.1) is 6.01 Å². The Morgan fingerprint density at radius 1 is 1.27 bits per heavy atom. The molecule has 0 bridgehead atoms. The molecular weight excluding hydrogens is 206 g/mol. The van der Waals surface area contributed by atoms with Gasteiger partial charge in [-0.05, 0) is 0 Å². The lowest BCUT2D eigenvalue weighted by Gasteiger charge is -1.95. The number of alkyl halides is 1. The van der Waals surface area contributed by atoms with E-state index in [0.29, 0.717) is 0 Å². The van der Waals surface area contributed by atoms with E-state index in [1.807, 2.05) is 0 Å². The number of hydrogen-bond donors (Lipinski definition) is 0. The summed E-state index contributed by atoms with van der Waals surface area (Å²) in [5.74, 6) is 0.